The summed E-state index contributed by atoms with van der Waals surface area (Å²) in [7, 11) is 0. The van der Waals surface area contributed by atoms with Crippen LogP contribution in [0.25, 0.3) is 0 Å². The van der Waals surface area contributed by atoms with E-state index in [0.29, 0.717) is 44.8 Å². The molecule has 1 rings (SSSR count). The van der Waals surface area contributed by atoms with Gasteiger partial charge in [-0.15, -0.1) is 0 Å². The Morgan fingerprint density at radius 3 is 2.19 bits per heavy atom. The fourth-order valence-corrected chi connectivity index (χ4v) is 5.33. The Labute approximate surface area is 221 Å². The Bertz CT molecular complexity index is 715. The molecule has 0 bridgehead atoms. The fourth-order valence-electron chi connectivity index (χ4n) is 5.33. The third-order valence-electron chi connectivity index (χ3n) is 7.83. The Morgan fingerprint density at radius 1 is 0.972 bits per heavy atom. The number of hydrogen-bond acceptors (Lipinski definition) is 5. The van der Waals surface area contributed by atoms with E-state index in [1.807, 2.05) is 53.4 Å². The lowest BCUT2D eigenvalue weighted by Crippen LogP contribution is -2.47. The predicted octanol–water partition coefficient (Wildman–Crippen LogP) is 7.08. The molecule has 0 spiro atoms. The molecule has 1 aliphatic heterocycles. The van der Waals surface area contributed by atoms with Crippen LogP contribution in [0.2, 0.25) is 0 Å². The summed E-state index contributed by atoms with van der Waals surface area (Å²) in [5.74, 6) is -0.0394. The van der Waals surface area contributed by atoms with Crippen LogP contribution in [0.4, 0.5) is 0 Å². The van der Waals surface area contributed by atoms with Crippen LogP contribution in [0.3, 0.4) is 0 Å². The fraction of sp³-hybridized carbons (Fsp3) is 0.900. The number of carbonyl (C=O) groups is 3. The van der Waals surface area contributed by atoms with Gasteiger partial charge in [0.2, 0.25) is 5.91 Å². The molecule has 1 amide bonds. The van der Waals surface area contributed by atoms with Crippen molar-refractivity contribution in [2.75, 3.05) is 13.2 Å². The van der Waals surface area contributed by atoms with E-state index in [-0.39, 0.29) is 23.9 Å². The average molecular weight is 510 g/mol. The van der Waals surface area contributed by atoms with Crippen molar-refractivity contribution in [2.45, 2.75) is 145 Å². The van der Waals surface area contributed by atoms with Crippen molar-refractivity contribution in [3.63, 3.8) is 0 Å². The normalized spacial score (nSPS) is 20.0. The summed E-state index contributed by atoms with van der Waals surface area (Å²) in [5, 5.41) is 0. The molecule has 1 heterocycles. The summed E-state index contributed by atoms with van der Waals surface area (Å²) in [6, 6.07) is -0.122. The average Bonchev–Trinajstić information content (AvgIpc) is 3.01. The van der Waals surface area contributed by atoms with E-state index in [2.05, 4.69) is 13.8 Å². The molecule has 4 atom stereocenters. The van der Waals surface area contributed by atoms with Gasteiger partial charge >= 0.3 is 11.9 Å². The van der Waals surface area contributed by atoms with Crippen LogP contribution in [0.1, 0.15) is 133 Å². The van der Waals surface area contributed by atoms with Crippen molar-refractivity contribution >= 4 is 17.8 Å². The maximum atomic E-state index is 13.6. The second-order valence-corrected chi connectivity index (χ2v) is 12.6. The number of carbonyl (C=O) groups excluding carboxylic acids is 3. The monoisotopic (exact) mass is 509 g/mol. The SMILES string of the molecule is CCCCC(CC)COC(=O)C(C)(CC)CC(C)(CC(C)N1CCCCCC1=O)C(=O)OC(C)(C)C. The zero-order valence-electron chi connectivity index (χ0n) is 24.8. The van der Waals surface area contributed by atoms with E-state index in [1.54, 1.807) is 0 Å². The van der Waals surface area contributed by atoms with Gasteiger partial charge in [0, 0.05) is 19.0 Å². The van der Waals surface area contributed by atoms with Gasteiger partial charge in [-0.2, -0.15) is 0 Å². The predicted molar refractivity (Wildman–Crippen MR) is 145 cm³/mol. The number of hydrogen-bond donors (Lipinski definition) is 0. The number of likely N-dealkylation sites (tertiary alicyclic amines) is 1. The lowest BCUT2D eigenvalue weighted by atomic mass is 9.68. The van der Waals surface area contributed by atoms with Gasteiger partial charge in [0.1, 0.15) is 5.60 Å². The van der Waals surface area contributed by atoms with Crippen LogP contribution in [0, 0.1) is 16.7 Å². The lowest BCUT2D eigenvalue weighted by Gasteiger charge is -2.41. The molecule has 0 aromatic heterocycles. The number of ether oxygens (including phenoxy) is 2. The van der Waals surface area contributed by atoms with E-state index in [0.717, 1.165) is 44.9 Å². The molecule has 6 heteroatoms. The van der Waals surface area contributed by atoms with Crippen LogP contribution >= 0.6 is 0 Å². The molecule has 0 saturated carbocycles. The first kappa shape index (κ1) is 32.4. The molecule has 4 unspecified atom stereocenters. The minimum atomic E-state index is -0.935. The summed E-state index contributed by atoms with van der Waals surface area (Å²) in [6.07, 6.45) is 9.14. The topological polar surface area (TPSA) is 72.9 Å². The summed E-state index contributed by atoms with van der Waals surface area (Å²) in [5.41, 5.74) is -2.40. The number of amides is 1. The summed E-state index contributed by atoms with van der Waals surface area (Å²) in [6.45, 7) is 18.8. The molecule has 1 saturated heterocycles. The zero-order valence-corrected chi connectivity index (χ0v) is 24.8. The van der Waals surface area contributed by atoms with Crippen LogP contribution in [-0.4, -0.2) is 47.5 Å². The van der Waals surface area contributed by atoms with E-state index in [1.165, 1.54) is 0 Å². The van der Waals surface area contributed by atoms with Crippen molar-refractivity contribution in [2.24, 2.45) is 16.7 Å². The van der Waals surface area contributed by atoms with Gasteiger partial charge in [-0.3, -0.25) is 14.4 Å². The molecular weight excluding hydrogens is 454 g/mol. The van der Waals surface area contributed by atoms with E-state index in [9.17, 15) is 14.4 Å². The third kappa shape index (κ3) is 10.0. The second kappa shape index (κ2) is 14.4. The van der Waals surface area contributed by atoms with Crippen molar-refractivity contribution in [1.82, 2.24) is 4.90 Å². The molecule has 0 aliphatic carbocycles. The van der Waals surface area contributed by atoms with Gasteiger partial charge in [-0.1, -0.05) is 46.5 Å². The van der Waals surface area contributed by atoms with Gasteiger partial charge in [0.25, 0.3) is 0 Å². The Hall–Kier alpha value is -1.59. The maximum absolute atomic E-state index is 13.6. The highest BCUT2D eigenvalue weighted by Gasteiger charge is 2.48. The minimum Gasteiger partial charge on any atom is -0.465 e. The molecule has 36 heavy (non-hydrogen) atoms. The molecule has 1 aliphatic rings. The van der Waals surface area contributed by atoms with Crippen LogP contribution in [0.5, 0.6) is 0 Å². The first-order valence-corrected chi connectivity index (χ1v) is 14.4. The molecule has 0 N–H and O–H groups in total. The third-order valence-corrected chi connectivity index (χ3v) is 7.83. The molecule has 0 aromatic rings. The molecule has 0 aromatic carbocycles. The van der Waals surface area contributed by atoms with Crippen molar-refractivity contribution in [3.8, 4) is 0 Å². The highest BCUT2D eigenvalue weighted by molar-refractivity contribution is 5.81. The zero-order chi connectivity index (χ0) is 27.6. The Morgan fingerprint density at radius 2 is 1.64 bits per heavy atom. The number of nitrogens with zero attached hydrogens (tertiary/aromatic N) is 1. The van der Waals surface area contributed by atoms with Gasteiger partial charge in [-0.25, -0.2) is 0 Å². The molecule has 1 fully saturated rings. The standard InChI is InChI=1S/C30H55NO5/c1-10-13-17-24(11-2)21-35-26(33)29(8,12-3)22-30(9,27(34)36-28(5,6)7)20-23(4)31-19-16-14-15-18-25(31)32/h23-24H,10-22H2,1-9H3. The van der Waals surface area contributed by atoms with Gasteiger partial charge < -0.3 is 14.4 Å². The first-order chi connectivity index (χ1) is 16.7. The molecule has 0 radical (unpaired) electrons. The first-order valence-electron chi connectivity index (χ1n) is 14.4. The van der Waals surface area contributed by atoms with Crippen molar-refractivity contribution < 1.29 is 23.9 Å². The van der Waals surface area contributed by atoms with Crippen molar-refractivity contribution in [3.05, 3.63) is 0 Å². The van der Waals surface area contributed by atoms with E-state index in [4.69, 9.17) is 9.47 Å². The summed E-state index contributed by atoms with van der Waals surface area (Å²) >= 11 is 0. The maximum Gasteiger partial charge on any atom is 0.312 e. The summed E-state index contributed by atoms with van der Waals surface area (Å²) < 4.78 is 11.8. The lowest BCUT2D eigenvalue weighted by molar-refractivity contribution is -0.174. The highest BCUT2D eigenvalue weighted by atomic mass is 16.6. The molecule has 6 nitrogen and oxygen atoms in total. The Kier molecular flexibility index (Phi) is 13.0. The number of rotatable bonds is 14. The van der Waals surface area contributed by atoms with Gasteiger partial charge in [0.15, 0.2) is 0 Å². The molecular formula is C30H55NO5. The van der Waals surface area contributed by atoms with Crippen LogP contribution < -0.4 is 0 Å². The molecule has 210 valence electrons. The van der Waals surface area contributed by atoms with Crippen LogP contribution in [-0.2, 0) is 23.9 Å². The minimum absolute atomic E-state index is 0.122. The van der Waals surface area contributed by atoms with Gasteiger partial charge in [-0.05, 0) is 86.0 Å². The number of unbranched alkanes of at least 4 members (excludes halogenated alkanes) is 1. The second-order valence-electron chi connectivity index (χ2n) is 12.6. The van der Waals surface area contributed by atoms with Gasteiger partial charge in [0.05, 0.1) is 17.4 Å². The van der Waals surface area contributed by atoms with Crippen LogP contribution in [0.15, 0.2) is 0 Å². The summed E-state index contributed by atoms with van der Waals surface area (Å²) in [4.78, 5) is 41.7. The highest BCUT2D eigenvalue weighted by Crippen LogP contribution is 2.43. The number of esters is 2. The van der Waals surface area contributed by atoms with E-state index >= 15 is 0 Å². The van der Waals surface area contributed by atoms with Crippen molar-refractivity contribution in [1.29, 1.82) is 0 Å². The Balaban J connectivity index is 3.15. The van der Waals surface area contributed by atoms with E-state index < -0.39 is 16.4 Å². The largest absolute Gasteiger partial charge is 0.465 e. The smallest absolute Gasteiger partial charge is 0.312 e. The quantitative estimate of drug-likeness (QED) is 0.234.